The largest absolute Gasteiger partial charge is 0.480 e. The number of carbonyl (C=O) groups excluding carboxylic acids is 2. The minimum atomic E-state index is -1.12. The van der Waals surface area contributed by atoms with Crippen molar-refractivity contribution < 1.29 is 19.5 Å². The molecule has 3 rings (SSSR count). The van der Waals surface area contributed by atoms with Crippen molar-refractivity contribution in [3.8, 4) is 0 Å². The second-order valence-electron chi connectivity index (χ2n) is 8.03. The zero-order valence-electron chi connectivity index (χ0n) is 14.7. The average Bonchev–Trinajstić information content (AvgIpc) is 3.12. The summed E-state index contributed by atoms with van der Waals surface area (Å²) >= 11 is 0. The highest BCUT2D eigenvalue weighted by Crippen LogP contribution is 2.35. The average molecular weight is 336 g/mol. The fourth-order valence-electron chi connectivity index (χ4n) is 4.56. The van der Waals surface area contributed by atoms with Crippen molar-refractivity contribution in [3.05, 3.63) is 0 Å². The van der Waals surface area contributed by atoms with Gasteiger partial charge in [-0.15, -0.1) is 0 Å². The van der Waals surface area contributed by atoms with Gasteiger partial charge in [0.05, 0.1) is 5.92 Å². The van der Waals surface area contributed by atoms with Gasteiger partial charge in [-0.05, 0) is 51.4 Å². The lowest BCUT2D eigenvalue weighted by atomic mass is 9.86. The molecular weight excluding hydrogens is 308 g/mol. The van der Waals surface area contributed by atoms with E-state index in [1.54, 1.807) is 6.92 Å². The van der Waals surface area contributed by atoms with Crippen LogP contribution in [0.25, 0.3) is 0 Å². The van der Waals surface area contributed by atoms with E-state index >= 15 is 0 Å². The fraction of sp³-hybridized carbons (Fsp3) is 0.833. The van der Waals surface area contributed by atoms with Crippen LogP contribution in [0.4, 0.5) is 0 Å². The Balaban J connectivity index is 1.67. The Labute approximate surface area is 143 Å². The van der Waals surface area contributed by atoms with Crippen LogP contribution in [0, 0.1) is 11.8 Å². The third-order valence-corrected chi connectivity index (χ3v) is 6.30. The minimum absolute atomic E-state index is 0.0594. The van der Waals surface area contributed by atoms with Gasteiger partial charge in [-0.1, -0.05) is 6.92 Å². The summed E-state index contributed by atoms with van der Waals surface area (Å²) in [5.74, 6) is -0.705. The molecule has 2 saturated heterocycles. The number of likely N-dealkylation sites (tertiary alicyclic amines) is 2. The minimum Gasteiger partial charge on any atom is -0.480 e. The molecule has 1 N–H and O–H groups in total. The molecule has 1 aliphatic carbocycles. The lowest BCUT2D eigenvalue weighted by Gasteiger charge is -2.35. The lowest BCUT2D eigenvalue weighted by molar-refractivity contribution is -0.156. The molecule has 0 aromatic carbocycles. The summed E-state index contributed by atoms with van der Waals surface area (Å²) in [7, 11) is 0. The van der Waals surface area contributed by atoms with Crippen LogP contribution in [0.2, 0.25) is 0 Å². The zero-order chi connectivity index (χ0) is 17.5. The van der Waals surface area contributed by atoms with Gasteiger partial charge in [0.25, 0.3) is 0 Å². The second kappa shape index (κ2) is 6.37. The highest BCUT2D eigenvalue weighted by molar-refractivity contribution is 5.93. The van der Waals surface area contributed by atoms with Gasteiger partial charge >= 0.3 is 5.97 Å². The fourth-order valence-corrected chi connectivity index (χ4v) is 4.56. The van der Waals surface area contributed by atoms with Gasteiger partial charge < -0.3 is 14.9 Å². The van der Waals surface area contributed by atoms with Crippen LogP contribution in [0.3, 0.4) is 0 Å². The molecule has 3 aliphatic rings. The van der Waals surface area contributed by atoms with Crippen molar-refractivity contribution >= 4 is 17.8 Å². The topological polar surface area (TPSA) is 77.9 Å². The summed E-state index contributed by atoms with van der Waals surface area (Å²) in [5.41, 5.74) is -1.12. The number of carboxylic acids is 1. The van der Waals surface area contributed by atoms with E-state index in [1.165, 1.54) is 4.90 Å². The van der Waals surface area contributed by atoms with Crippen molar-refractivity contribution in [2.75, 3.05) is 13.1 Å². The van der Waals surface area contributed by atoms with Crippen LogP contribution in [0.5, 0.6) is 0 Å². The summed E-state index contributed by atoms with van der Waals surface area (Å²) in [6.07, 6.45) is 5.73. The molecule has 0 aromatic rings. The Morgan fingerprint density at radius 2 is 1.88 bits per heavy atom. The molecule has 6 nitrogen and oxygen atoms in total. The van der Waals surface area contributed by atoms with Crippen LogP contribution in [-0.2, 0) is 14.4 Å². The van der Waals surface area contributed by atoms with Crippen LogP contribution in [0.15, 0.2) is 0 Å². The number of carboxylic acid groups (broad SMARTS) is 1. The van der Waals surface area contributed by atoms with Crippen molar-refractivity contribution in [1.82, 2.24) is 9.80 Å². The first-order chi connectivity index (χ1) is 11.3. The second-order valence-corrected chi connectivity index (χ2v) is 8.03. The van der Waals surface area contributed by atoms with E-state index in [0.717, 1.165) is 31.6 Å². The Hall–Kier alpha value is -1.59. The Bertz CT molecular complexity index is 541. The molecule has 3 fully saturated rings. The quantitative estimate of drug-likeness (QED) is 0.853. The van der Waals surface area contributed by atoms with Gasteiger partial charge in [0.15, 0.2) is 0 Å². The molecule has 134 valence electrons. The third-order valence-electron chi connectivity index (χ3n) is 6.30. The molecular formula is C18H28N2O4. The number of rotatable bonds is 3. The Morgan fingerprint density at radius 3 is 2.50 bits per heavy atom. The van der Waals surface area contributed by atoms with Gasteiger partial charge in [-0.25, -0.2) is 4.79 Å². The summed E-state index contributed by atoms with van der Waals surface area (Å²) < 4.78 is 0. The summed E-state index contributed by atoms with van der Waals surface area (Å²) in [6.45, 7) is 4.81. The van der Waals surface area contributed by atoms with Gasteiger partial charge in [0, 0.05) is 25.6 Å². The van der Waals surface area contributed by atoms with E-state index in [0.29, 0.717) is 25.9 Å². The van der Waals surface area contributed by atoms with E-state index in [9.17, 15) is 19.5 Å². The van der Waals surface area contributed by atoms with Crippen molar-refractivity contribution in [1.29, 1.82) is 0 Å². The van der Waals surface area contributed by atoms with Gasteiger partial charge in [0.2, 0.25) is 11.8 Å². The van der Waals surface area contributed by atoms with E-state index < -0.39 is 11.5 Å². The first-order valence-electron chi connectivity index (χ1n) is 9.17. The predicted molar refractivity (Wildman–Crippen MR) is 88.2 cm³/mol. The highest BCUT2D eigenvalue weighted by Gasteiger charge is 2.49. The molecule has 1 saturated carbocycles. The SMILES string of the molecule is CC1CCC(N2CC(C(=O)N3CCCC3(C)C(=O)O)CC2=O)CC1. The molecule has 0 bridgehead atoms. The number of carbonyl (C=O) groups is 3. The Morgan fingerprint density at radius 1 is 1.21 bits per heavy atom. The van der Waals surface area contributed by atoms with Gasteiger partial charge in [-0.3, -0.25) is 9.59 Å². The third kappa shape index (κ3) is 2.91. The van der Waals surface area contributed by atoms with E-state index in [-0.39, 0.29) is 30.2 Å². The van der Waals surface area contributed by atoms with Crippen molar-refractivity contribution in [3.63, 3.8) is 0 Å². The van der Waals surface area contributed by atoms with Crippen LogP contribution in [-0.4, -0.2) is 57.4 Å². The molecule has 0 aromatic heterocycles. The molecule has 2 atom stereocenters. The van der Waals surface area contributed by atoms with E-state index in [4.69, 9.17) is 0 Å². The molecule has 2 aliphatic heterocycles. The van der Waals surface area contributed by atoms with Crippen LogP contribution < -0.4 is 0 Å². The van der Waals surface area contributed by atoms with Crippen molar-refractivity contribution in [2.24, 2.45) is 11.8 Å². The number of nitrogens with zero attached hydrogens (tertiary/aromatic N) is 2. The molecule has 24 heavy (non-hydrogen) atoms. The molecule has 2 amide bonds. The molecule has 2 unspecified atom stereocenters. The van der Waals surface area contributed by atoms with Gasteiger partial charge in [-0.2, -0.15) is 0 Å². The standard InChI is InChI=1S/C18H28N2O4/c1-12-4-6-14(7-5-12)19-11-13(10-15(19)21)16(22)20-9-3-8-18(20,2)17(23)24/h12-14H,3-11H2,1-2H3,(H,23,24). The molecule has 2 heterocycles. The maximum Gasteiger partial charge on any atom is 0.329 e. The summed E-state index contributed by atoms with van der Waals surface area (Å²) in [4.78, 5) is 40.3. The molecule has 6 heteroatoms. The van der Waals surface area contributed by atoms with E-state index in [2.05, 4.69) is 6.92 Å². The molecule has 0 spiro atoms. The predicted octanol–water partition coefficient (Wildman–Crippen LogP) is 1.88. The number of aliphatic carboxylic acids is 1. The van der Waals surface area contributed by atoms with Crippen LogP contribution >= 0.6 is 0 Å². The lowest BCUT2D eigenvalue weighted by Crippen LogP contribution is -2.53. The molecule has 0 radical (unpaired) electrons. The maximum absolute atomic E-state index is 12.9. The Kier molecular flexibility index (Phi) is 4.58. The smallest absolute Gasteiger partial charge is 0.329 e. The van der Waals surface area contributed by atoms with Gasteiger partial charge in [0.1, 0.15) is 5.54 Å². The normalized spacial score (nSPS) is 37.1. The van der Waals surface area contributed by atoms with Crippen LogP contribution in [0.1, 0.15) is 58.8 Å². The summed E-state index contributed by atoms with van der Waals surface area (Å²) in [5, 5.41) is 9.50. The number of amides is 2. The maximum atomic E-state index is 12.9. The number of hydrogen-bond acceptors (Lipinski definition) is 3. The monoisotopic (exact) mass is 336 g/mol. The zero-order valence-corrected chi connectivity index (χ0v) is 14.7. The first kappa shape index (κ1) is 17.2. The first-order valence-corrected chi connectivity index (χ1v) is 9.17. The highest BCUT2D eigenvalue weighted by atomic mass is 16.4. The number of hydrogen-bond donors (Lipinski definition) is 1. The van der Waals surface area contributed by atoms with E-state index in [1.807, 2.05) is 4.90 Å². The van der Waals surface area contributed by atoms with Crippen molar-refractivity contribution in [2.45, 2.75) is 70.4 Å². The summed E-state index contributed by atoms with van der Waals surface area (Å²) in [6, 6.07) is 0.260.